The van der Waals surface area contributed by atoms with Crippen LogP contribution in [0.4, 0.5) is 5.69 Å². The molecular formula is C17H18N4O. The van der Waals surface area contributed by atoms with Crippen LogP contribution >= 0.6 is 0 Å². The Balaban J connectivity index is 1.53. The van der Waals surface area contributed by atoms with Crippen LogP contribution in [0.2, 0.25) is 0 Å². The van der Waals surface area contributed by atoms with Crippen molar-refractivity contribution in [1.29, 1.82) is 0 Å². The lowest BCUT2D eigenvalue weighted by Gasteiger charge is -2.28. The molecule has 5 heteroatoms. The average Bonchev–Trinajstić information content (AvgIpc) is 3.00. The van der Waals surface area contributed by atoms with Gasteiger partial charge in [-0.05, 0) is 29.8 Å². The quantitative estimate of drug-likeness (QED) is 0.743. The molecule has 1 fully saturated rings. The molecule has 0 spiro atoms. The normalized spacial score (nSPS) is 15.4. The Labute approximate surface area is 129 Å². The van der Waals surface area contributed by atoms with Gasteiger partial charge < -0.3 is 9.64 Å². The molecule has 0 N–H and O–H groups in total. The Morgan fingerprint density at radius 2 is 1.73 bits per heavy atom. The van der Waals surface area contributed by atoms with Gasteiger partial charge in [0, 0.05) is 18.8 Å². The lowest BCUT2D eigenvalue weighted by atomic mass is 10.2. The van der Waals surface area contributed by atoms with E-state index < -0.39 is 0 Å². The van der Waals surface area contributed by atoms with Crippen molar-refractivity contribution in [3.05, 3.63) is 54.1 Å². The molecule has 0 radical (unpaired) electrons. The lowest BCUT2D eigenvalue weighted by Crippen LogP contribution is -2.36. The third-order valence-corrected chi connectivity index (χ3v) is 4.07. The van der Waals surface area contributed by atoms with Gasteiger partial charge in [0.25, 0.3) is 0 Å². The molecule has 0 bridgehead atoms. The number of aromatic nitrogens is 3. The number of fused-ring (bicyclic) bond motifs is 1. The predicted molar refractivity (Wildman–Crippen MR) is 86.1 cm³/mol. The van der Waals surface area contributed by atoms with E-state index in [4.69, 9.17) is 4.74 Å². The van der Waals surface area contributed by atoms with Crippen molar-refractivity contribution in [3.63, 3.8) is 0 Å². The maximum atomic E-state index is 5.40. The molecule has 0 atom stereocenters. The second-order valence-electron chi connectivity index (χ2n) is 5.50. The molecule has 5 nitrogen and oxygen atoms in total. The molecule has 112 valence electrons. The number of anilines is 1. The molecule has 2 aromatic carbocycles. The first kappa shape index (κ1) is 13.3. The first-order valence-electron chi connectivity index (χ1n) is 7.60. The van der Waals surface area contributed by atoms with Crippen LogP contribution in [-0.4, -0.2) is 41.3 Å². The molecule has 3 aromatic rings. The summed E-state index contributed by atoms with van der Waals surface area (Å²) in [6, 6.07) is 16.7. The summed E-state index contributed by atoms with van der Waals surface area (Å²) in [6.07, 6.45) is 0. The SMILES string of the molecule is c1ccc2c(c1)nnn2Cc1ccc(N2CCOCC2)cc1. The number of morpholine rings is 1. The second-order valence-corrected chi connectivity index (χ2v) is 5.50. The van der Waals surface area contributed by atoms with Crippen LogP contribution in [0.15, 0.2) is 48.5 Å². The standard InChI is InChI=1S/C17H18N4O/c1-2-4-17-16(3-1)18-19-21(17)13-14-5-7-15(8-6-14)20-9-11-22-12-10-20/h1-8H,9-13H2. The first-order chi connectivity index (χ1) is 10.9. The van der Waals surface area contributed by atoms with E-state index in [1.54, 1.807) is 0 Å². The Morgan fingerprint density at radius 3 is 2.55 bits per heavy atom. The van der Waals surface area contributed by atoms with Crippen LogP contribution in [-0.2, 0) is 11.3 Å². The minimum absolute atomic E-state index is 0.740. The van der Waals surface area contributed by atoms with Crippen LogP contribution in [0, 0.1) is 0 Å². The Morgan fingerprint density at radius 1 is 0.955 bits per heavy atom. The third kappa shape index (κ3) is 2.55. The maximum absolute atomic E-state index is 5.40. The van der Waals surface area contributed by atoms with Gasteiger partial charge in [-0.25, -0.2) is 4.68 Å². The Hall–Kier alpha value is -2.40. The minimum Gasteiger partial charge on any atom is -0.378 e. The van der Waals surface area contributed by atoms with Crippen LogP contribution in [0.5, 0.6) is 0 Å². The van der Waals surface area contributed by atoms with E-state index in [9.17, 15) is 0 Å². The highest BCUT2D eigenvalue weighted by Crippen LogP contribution is 2.18. The lowest BCUT2D eigenvalue weighted by molar-refractivity contribution is 0.122. The van der Waals surface area contributed by atoms with Crippen molar-refractivity contribution in [1.82, 2.24) is 15.0 Å². The van der Waals surface area contributed by atoms with Crippen molar-refractivity contribution in [3.8, 4) is 0 Å². The summed E-state index contributed by atoms with van der Waals surface area (Å²) >= 11 is 0. The van der Waals surface area contributed by atoms with Crippen molar-refractivity contribution >= 4 is 16.7 Å². The smallest absolute Gasteiger partial charge is 0.113 e. The van der Waals surface area contributed by atoms with E-state index >= 15 is 0 Å². The van der Waals surface area contributed by atoms with Gasteiger partial charge in [-0.1, -0.05) is 29.5 Å². The molecule has 0 amide bonds. The molecule has 1 aliphatic heterocycles. The Bertz CT molecular complexity index is 760. The van der Waals surface area contributed by atoms with Gasteiger partial charge in [-0.2, -0.15) is 0 Å². The first-order valence-corrected chi connectivity index (χ1v) is 7.60. The third-order valence-electron chi connectivity index (χ3n) is 4.07. The fourth-order valence-electron chi connectivity index (χ4n) is 2.84. The molecule has 0 unspecified atom stereocenters. The fraction of sp³-hybridized carbons (Fsp3) is 0.294. The van der Waals surface area contributed by atoms with Crippen LogP contribution in [0.3, 0.4) is 0 Å². The van der Waals surface area contributed by atoms with Crippen molar-refractivity contribution in [2.75, 3.05) is 31.2 Å². The molecule has 1 aliphatic rings. The molecule has 0 saturated carbocycles. The van der Waals surface area contributed by atoms with E-state index in [2.05, 4.69) is 45.5 Å². The largest absolute Gasteiger partial charge is 0.378 e. The number of ether oxygens (including phenoxy) is 1. The van der Waals surface area contributed by atoms with Crippen molar-refractivity contribution in [2.24, 2.45) is 0 Å². The van der Waals surface area contributed by atoms with Crippen LogP contribution < -0.4 is 4.90 Å². The zero-order valence-electron chi connectivity index (χ0n) is 12.4. The molecule has 0 aliphatic carbocycles. The highest BCUT2D eigenvalue weighted by Gasteiger charge is 2.11. The average molecular weight is 294 g/mol. The number of benzene rings is 2. The Kier molecular flexibility index (Phi) is 3.48. The van der Waals surface area contributed by atoms with E-state index in [1.165, 1.54) is 11.3 Å². The molecule has 2 heterocycles. The number of hydrogen-bond donors (Lipinski definition) is 0. The zero-order chi connectivity index (χ0) is 14.8. The molecule has 22 heavy (non-hydrogen) atoms. The highest BCUT2D eigenvalue weighted by atomic mass is 16.5. The number of para-hydroxylation sites is 1. The van der Waals surface area contributed by atoms with E-state index in [0.717, 1.165) is 43.9 Å². The number of rotatable bonds is 3. The maximum Gasteiger partial charge on any atom is 0.113 e. The van der Waals surface area contributed by atoms with Crippen molar-refractivity contribution < 1.29 is 4.74 Å². The highest BCUT2D eigenvalue weighted by molar-refractivity contribution is 5.73. The van der Waals surface area contributed by atoms with Gasteiger partial charge in [0.05, 0.1) is 25.3 Å². The number of nitrogens with zero attached hydrogens (tertiary/aromatic N) is 4. The summed E-state index contributed by atoms with van der Waals surface area (Å²) in [7, 11) is 0. The molecular weight excluding hydrogens is 276 g/mol. The minimum atomic E-state index is 0.740. The summed E-state index contributed by atoms with van der Waals surface area (Å²) in [5.41, 5.74) is 4.50. The van der Waals surface area contributed by atoms with E-state index in [0.29, 0.717) is 0 Å². The zero-order valence-corrected chi connectivity index (χ0v) is 12.4. The van der Waals surface area contributed by atoms with Gasteiger partial charge in [0.15, 0.2) is 0 Å². The summed E-state index contributed by atoms with van der Waals surface area (Å²) in [5, 5.41) is 8.44. The van der Waals surface area contributed by atoms with Crippen molar-refractivity contribution in [2.45, 2.75) is 6.54 Å². The summed E-state index contributed by atoms with van der Waals surface area (Å²) in [5.74, 6) is 0. The predicted octanol–water partition coefficient (Wildman–Crippen LogP) is 2.32. The van der Waals surface area contributed by atoms with Gasteiger partial charge in [0.1, 0.15) is 5.52 Å². The number of hydrogen-bond acceptors (Lipinski definition) is 4. The van der Waals surface area contributed by atoms with Gasteiger partial charge in [-0.3, -0.25) is 0 Å². The summed E-state index contributed by atoms with van der Waals surface area (Å²) in [4.78, 5) is 2.36. The topological polar surface area (TPSA) is 43.2 Å². The van der Waals surface area contributed by atoms with E-state index in [-0.39, 0.29) is 0 Å². The summed E-state index contributed by atoms with van der Waals surface area (Å²) in [6.45, 7) is 4.30. The van der Waals surface area contributed by atoms with Gasteiger partial charge in [0.2, 0.25) is 0 Å². The fourth-order valence-corrected chi connectivity index (χ4v) is 2.84. The van der Waals surface area contributed by atoms with E-state index in [1.807, 2.05) is 22.9 Å². The van der Waals surface area contributed by atoms with Crippen LogP contribution in [0.1, 0.15) is 5.56 Å². The summed E-state index contributed by atoms with van der Waals surface area (Å²) < 4.78 is 7.34. The molecule has 1 saturated heterocycles. The monoisotopic (exact) mass is 294 g/mol. The van der Waals surface area contributed by atoms with Crippen LogP contribution in [0.25, 0.3) is 11.0 Å². The molecule has 1 aromatic heterocycles. The van der Waals surface area contributed by atoms with Gasteiger partial charge >= 0.3 is 0 Å². The second kappa shape index (κ2) is 5.77. The van der Waals surface area contributed by atoms with Gasteiger partial charge in [-0.15, -0.1) is 5.10 Å². The molecule has 4 rings (SSSR count).